The number of carbonyl (C=O) groups excluding carboxylic acids is 2. The van der Waals surface area contributed by atoms with Crippen LogP contribution in [0.4, 0.5) is 23.2 Å². The molecule has 0 atom stereocenters. The van der Waals surface area contributed by atoms with Gasteiger partial charge in [0.25, 0.3) is 18.8 Å². The molecule has 1 aliphatic rings. The van der Waals surface area contributed by atoms with E-state index in [1.165, 1.54) is 6.07 Å². The molecule has 206 valence electrons. The number of alkyl halides is 4. The number of hydrogen-bond acceptors (Lipinski definition) is 6. The number of carbonyl (C=O) groups is 2. The van der Waals surface area contributed by atoms with Gasteiger partial charge in [0.2, 0.25) is 5.91 Å². The number of nitrogens with two attached hydrogens (primary N) is 1. The van der Waals surface area contributed by atoms with Gasteiger partial charge in [0.15, 0.2) is 0 Å². The molecule has 3 N–H and O–H groups in total. The SMILES string of the molecule is CCn1cc(-c2cc(C(F)F)nc3sc(C(N)=O)c(NC(=O)Cn4nc(C(F)F)c(Cl)c4C4CC4)c23)c(C)n1. The average molecular weight is 584 g/mol. The molecule has 0 unspecified atom stereocenters. The van der Waals surface area contributed by atoms with Crippen LogP contribution in [0.15, 0.2) is 12.3 Å². The van der Waals surface area contributed by atoms with Crippen molar-refractivity contribution in [2.75, 3.05) is 5.32 Å². The number of rotatable bonds is 9. The first-order valence-corrected chi connectivity index (χ1v) is 13.1. The third-order valence-electron chi connectivity index (χ3n) is 6.37. The van der Waals surface area contributed by atoms with Crippen LogP contribution < -0.4 is 11.1 Å². The normalized spacial score (nSPS) is 13.7. The van der Waals surface area contributed by atoms with E-state index in [0.29, 0.717) is 23.5 Å². The van der Waals surface area contributed by atoms with Crippen molar-refractivity contribution in [3.05, 3.63) is 44.9 Å². The molecule has 4 aromatic rings. The zero-order valence-electron chi connectivity index (χ0n) is 20.6. The zero-order valence-corrected chi connectivity index (χ0v) is 22.2. The van der Waals surface area contributed by atoms with Crippen LogP contribution in [0, 0.1) is 6.92 Å². The molecule has 2 amide bonds. The van der Waals surface area contributed by atoms with E-state index in [-0.39, 0.29) is 37.3 Å². The third-order valence-corrected chi connectivity index (χ3v) is 7.86. The summed E-state index contributed by atoms with van der Waals surface area (Å²) in [5, 5.41) is 10.9. The number of fused-ring (bicyclic) bond motifs is 1. The van der Waals surface area contributed by atoms with Crippen LogP contribution in [0.3, 0.4) is 0 Å². The van der Waals surface area contributed by atoms with Crippen LogP contribution in [0.2, 0.25) is 5.02 Å². The van der Waals surface area contributed by atoms with Crippen LogP contribution in [0.1, 0.15) is 71.0 Å². The molecule has 15 heteroatoms. The first-order valence-electron chi connectivity index (χ1n) is 11.9. The van der Waals surface area contributed by atoms with Gasteiger partial charge in [0.05, 0.1) is 22.1 Å². The second-order valence-electron chi connectivity index (χ2n) is 9.10. The molecule has 0 saturated heterocycles. The number of amides is 2. The van der Waals surface area contributed by atoms with Gasteiger partial charge in [-0.2, -0.15) is 10.2 Å². The molecular formula is C24H22ClF4N7O2S. The lowest BCUT2D eigenvalue weighted by Crippen LogP contribution is -2.22. The summed E-state index contributed by atoms with van der Waals surface area (Å²) in [6, 6.07) is 1.19. The van der Waals surface area contributed by atoms with E-state index in [1.54, 1.807) is 17.8 Å². The summed E-state index contributed by atoms with van der Waals surface area (Å²) in [6.45, 7) is 3.61. The van der Waals surface area contributed by atoms with E-state index in [2.05, 4.69) is 20.5 Å². The highest BCUT2D eigenvalue weighted by molar-refractivity contribution is 7.21. The smallest absolute Gasteiger partial charge is 0.283 e. The maximum atomic E-state index is 13.8. The number of aryl methyl sites for hydroxylation is 2. The summed E-state index contributed by atoms with van der Waals surface area (Å²) < 4.78 is 57.2. The van der Waals surface area contributed by atoms with Crippen molar-refractivity contribution in [3.63, 3.8) is 0 Å². The third kappa shape index (κ3) is 4.98. The largest absolute Gasteiger partial charge is 0.365 e. The van der Waals surface area contributed by atoms with E-state index in [0.717, 1.165) is 28.9 Å². The number of nitrogens with one attached hydrogen (secondary N) is 1. The van der Waals surface area contributed by atoms with Crippen LogP contribution in [-0.4, -0.2) is 36.4 Å². The summed E-state index contributed by atoms with van der Waals surface area (Å²) in [6.07, 6.45) is -2.70. The summed E-state index contributed by atoms with van der Waals surface area (Å²) in [5.41, 5.74) is 6.12. The number of aromatic nitrogens is 5. The number of anilines is 1. The fourth-order valence-corrected chi connectivity index (χ4v) is 5.86. The maximum absolute atomic E-state index is 13.8. The molecule has 39 heavy (non-hydrogen) atoms. The molecule has 0 aromatic carbocycles. The summed E-state index contributed by atoms with van der Waals surface area (Å²) in [4.78, 5) is 29.6. The van der Waals surface area contributed by atoms with Gasteiger partial charge in [0, 0.05) is 29.6 Å². The van der Waals surface area contributed by atoms with Crippen molar-refractivity contribution in [2.45, 2.75) is 58.5 Å². The molecule has 0 spiro atoms. The fraction of sp³-hybridized carbons (Fsp3) is 0.375. The molecule has 9 nitrogen and oxygen atoms in total. The van der Waals surface area contributed by atoms with E-state index in [9.17, 15) is 27.2 Å². The summed E-state index contributed by atoms with van der Waals surface area (Å²) in [5.74, 6) is -1.70. The topological polar surface area (TPSA) is 121 Å². The number of thiophene rings is 1. The molecule has 1 aliphatic carbocycles. The first kappa shape index (κ1) is 27.1. The Balaban J connectivity index is 1.62. The minimum Gasteiger partial charge on any atom is -0.365 e. The summed E-state index contributed by atoms with van der Waals surface area (Å²) in [7, 11) is 0. The molecule has 4 heterocycles. The predicted molar refractivity (Wildman–Crippen MR) is 138 cm³/mol. The van der Waals surface area contributed by atoms with Gasteiger partial charge in [-0.05, 0) is 38.3 Å². The Kier molecular flexibility index (Phi) is 7.10. The van der Waals surface area contributed by atoms with Crippen molar-refractivity contribution in [1.29, 1.82) is 0 Å². The molecule has 1 saturated carbocycles. The lowest BCUT2D eigenvalue weighted by molar-refractivity contribution is -0.117. The number of hydrogen-bond donors (Lipinski definition) is 2. The Morgan fingerprint density at radius 3 is 2.49 bits per heavy atom. The van der Waals surface area contributed by atoms with Crippen molar-refractivity contribution < 1.29 is 27.2 Å². The van der Waals surface area contributed by atoms with Gasteiger partial charge in [-0.15, -0.1) is 11.3 Å². The molecular weight excluding hydrogens is 562 g/mol. The monoisotopic (exact) mass is 583 g/mol. The van der Waals surface area contributed by atoms with Gasteiger partial charge < -0.3 is 11.1 Å². The standard InChI is InChI=1S/C24H22ClF4N7O2S/c1-3-35-7-12(9(2)33-35)11-6-13(21(26)27)31-24-15(11)17(20(39-24)23(30)38)32-14(37)8-36-19(10-4-5-10)16(25)18(34-36)22(28)29/h6-7,10,21-22H,3-5,8H2,1-2H3,(H2,30,38)(H,32,37). The molecule has 0 bridgehead atoms. The maximum Gasteiger partial charge on any atom is 0.283 e. The Bertz CT molecular complexity index is 1610. The molecule has 4 aromatic heterocycles. The highest BCUT2D eigenvalue weighted by Gasteiger charge is 2.35. The van der Waals surface area contributed by atoms with Gasteiger partial charge in [-0.25, -0.2) is 22.5 Å². The van der Waals surface area contributed by atoms with Gasteiger partial charge in [-0.1, -0.05) is 11.6 Å². The second kappa shape index (κ2) is 10.2. The molecule has 5 rings (SSSR count). The Labute approximate surface area is 227 Å². The summed E-state index contributed by atoms with van der Waals surface area (Å²) >= 11 is 6.92. The lowest BCUT2D eigenvalue weighted by Gasteiger charge is -2.11. The van der Waals surface area contributed by atoms with E-state index in [1.807, 2.05) is 6.92 Å². The second-order valence-corrected chi connectivity index (χ2v) is 10.5. The minimum absolute atomic E-state index is 0.0141. The average Bonchev–Trinajstić information content (AvgIpc) is 3.41. The Morgan fingerprint density at radius 1 is 1.21 bits per heavy atom. The van der Waals surface area contributed by atoms with E-state index >= 15 is 0 Å². The fourth-order valence-electron chi connectivity index (χ4n) is 4.47. The molecule has 1 fully saturated rings. The lowest BCUT2D eigenvalue weighted by atomic mass is 10.0. The molecule has 0 radical (unpaired) electrons. The van der Waals surface area contributed by atoms with Gasteiger partial charge >= 0.3 is 0 Å². The number of nitrogens with zero attached hydrogens (tertiary/aromatic N) is 5. The van der Waals surface area contributed by atoms with Crippen molar-refractivity contribution in [3.8, 4) is 11.1 Å². The number of primary amides is 1. The van der Waals surface area contributed by atoms with Gasteiger partial charge in [0.1, 0.15) is 27.6 Å². The predicted octanol–water partition coefficient (Wildman–Crippen LogP) is 5.83. The van der Waals surface area contributed by atoms with Crippen molar-refractivity contribution >= 4 is 50.7 Å². The number of halogens is 5. The molecule has 0 aliphatic heterocycles. The van der Waals surface area contributed by atoms with Crippen LogP contribution in [0.25, 0.3) is 21.3 Å². The Morgan fingerprint density at radius 2 is 1.92 bits per heavy atom. The van der Waals surface area contributed by atoms with E-state index in [4.69, 9.17) is 17.3 Å². The zero-order chi connectivity index (χ0) is 28.2. The van der Waals surface area contributed by atoms with Gasteiger partial charge in [-0.3, -0.25) is 19.0 Å². The van der Waals surface area contributed by atoms with Crippen LogP contribution in [0.5, 0.6) is 0 Å². The highest BCUT2D eigenvalue weighted by Crippen LogP contribution is 2.46. The number of pyridine rings is 1. The Hall–Kier alpha value is -3.52. The minimum atomic E-state index is -2.92. The highest BCUT2D eigenvalue weighted by atomic mass is 35.5. The van der Waals surface area contributed by atoms with E-state index < -0.39 is 42.6 Å². The first-order chi connectivity index (χ1) is 18.5. The van der Waals surface area contributed by atoms with Crippen LogP contribution in [-0.2, 0) is 17.9 Å². The van der Waals surface area contributed by atoms with Crippen molar-refractivity contribution in [1.82, 2.24) is 24.5 Å². The van der Waals surface area contributed by atoms with Crippen LogP contribution >= 0.6 is 22.9 Å². The quantitative estimate of drug-likeness (QED) is 0.240. The van der Waals surface area contributed by atoms with Crippen molar-refractivity contribution in [2.24, 2.45) is 5.73 Å².